The molecule has 0 saturated carbocycles. The number of hydrogen-bond donors (Lipinski definition) is 0. The molecule has 0 fully saturated rings. The van der Waals surface area contributed by atoms with E-state index in [-0.39, 0.29) is 31.1 Å². The van der Waals surface area contributed by atoms with E-state index >= 15 is 0 Å². The van der Waals surface area contributed by atoms with Gasteiger partial charge in [0.25, 0.3) is 0 Å². The largest absolute Gasteiger partial charge is 0.462 e. The Morgan fingerprint density at radius 2 is 0.528 bits per heavy atom. The van der Waals surface area contributed by atoms with Crippen molar-refractivity contribution >= 4 is 17.9 Å². The highest BCUT2D eigenvalue weighted by molar-refractivity contribution is 5.71. The molecule has 0 aliphatic rings. The molecule has 1 unspecified atom stereocenters. The van der Waals surface area contributed by atoms with Crippen molar-refractivity contribution in [2.75, 3.05) is 13.2 Å². The van der Waals surface area contributed by atoms with Crippen LogP contribution in [0.2, 0.25) is 0 Å². The minimum Gasteiger partial charge on any atom is -0.462 e. The first-order valence-corrected chi connectivity index (χ1v) is 32.8. The highest BCUT2D eigenvalue weighted by Crippen LogP contribution is 2.19. The number of ether oxygens (including phenoxy) is 3. The van der Waals surface area contributed by atoms with E-state index in [0.717, 1.165) is 69.6 Å². The fraction of sp³-hybridized carbons (Fsp3) is 0.955. The quantitative estimate of drug-likeness (QED) is 0.0343. The van der Waals surface area contributed by atoms with Crippen molar-refractivity contribution in [2.24, 2.45) is 11.8 Å². The average molecular weight is 1020 g/mol. The van der Waals surface area contributed by atoms with Crippen molar-refractivity contribution in [3.63, 3.8) is 0 Å². The number of hydrogen-bond acceptors (Lipinski definition) is 6. The number of unbranched alkanes of at least 4 members (excludes halogenated alkanes) is 44. The second-order valence-electron chi connectivity index (χ2n) is 23.5. The lowest BCUT2D eigenvalue weighted by Gasteiger charge is -2.18. The number of rotatable bonds is 60. The Morgan fingerprint density at radius 1 is 0.292 bits per heavy atom. The van der Waals surface area contributed by atoms with E-state index in [2.05, 4.69) is 34.6 Å². The minimum absolute atomic E-state index is 0.0616. The highest BCUT2D eigenvalue weighted by Gasteiger charge is 2.19. The summed E-state index contributed by atoms with van der Waals surface area (Å²) in [7, 11) is 0. The Hall–Kier alpha value is -1.59. The summed E-state index contributed by atoms with van der Waals surface area (Å²) >= 11 is 0. The lowest BCUT2D eigenvalue weighted by Crippen LogP contribution is -2.30. The highest BCUT2D eigenvalue weighted by atomic mass is 16.6. The molecule has 0 aromatic heterocycles. The normalized spacial score (nSPS) is 12.4. The van der Waals surface area contributed by atoms with Crippen LogP contribution < -0.4 is 0 Å². The molecule has 6 heteroatoms. The zero-order valence-electron chi connectivity index (χ0n) is 49.6. The monoisotopic (exact) mass is 1020 g/mol. The third kappa shape index (κ3) is 57.7. The molecule has 0 N–H and O–H groups in total. The standard InChI is InChI=1S/C66H128O6/c1-6-8-9-10-11-12-13-14-19-26-31-36-41-46-51-56-64(67)70-59-63(72-66(69)58-53-48-43-38-33-28-23-22-25-30-35-40-45-50-55-62(5)7-2)60-71-65(68)57-52-47-42-37-32-27-21-18-16-15-17-20-24-29-34-39-44-49-54-61(3)4/h61-63H,6-60H2,1-5H3/t62?,63-/m1/s1. The Kier molecular flexibility index (Phi) is 57.4. The minimum atomic E-state index is -0.764. The molecule has 0 aromatic rings. The third-order valence-corrected chi connectivity index (χ3v) is 15.6. The first-order valence-electron chi connectivity index (χ1n) is 32.8. The first-order chi connectivity index (χ1) is 35.3. The van der Waals surface area contributed by atoms with Crippen LogP contribution in [-0.4, -0.2) is 37.2 Å². The van der Waals surface area contributed by atoms with Crippen molar-refractivity contribution < 1.29 is 28.6 Å². The van der Waals surface area contributed by atoms with Crippen molar-refractivity contribution in [2.45, 2.75) is 381 Å². The maximum Gasteiger partial charge on any atom is 0.306 e. The van der Waals surface area contributed by atoms with Crippen LogP contribution in [0.1, 0.15) is 375 Å². The van der Waals surface area contributed by atoms with Crippen molar-refractivity contribution in [1.82, 2.24) is 0 Å². The van der Waals surface area contributed by atoms with E-state index in [4.69, 9.17) is 14.2 Å². The summed E-state index contributed by atoms with van der Waals surface area (Å²) in [6.45, 7) is 11.5. The molecule has 0 amide bonds. The molecular weight excluding hydrogens is 889 g/mol. The van der Waals surface area contributed by atoms with Crippen LogP contribution in [0.5, 0.6) is 0 Å². The SMILES string of the molecule is CCCCCCCCCCCCCCCCCC(=O)OC[C@H](COC(=O)CCCCCCCCCCCCCCCCCCCCC(C)C)OC(=O)CCCCCCCCCCCCCCCCC(C)CC. The molecular formula is C66H128O6. The summed E-state index contributed by atoms with van der Waals surface area (Å²) in [6, 6.07) is 0. The molecule has 2 atom stereocenters. The lowest BCUT2D eigenvalue weighted by atomic mass is 9.99. The van der Waals surface area contributed by atoms with Crippen molar-refractivity contribution in [3.8, 4) is 0 Å². The van der Waals surface area contributed by atoms with Gasteiger partial charge in [-0.2, -0.15) is 0 Å². The van der Waals surface area contributed by atoms with E-state index in [1.807, 2.05) is 0 Å². The summed E-state index contributed by atoms with van der Waals surface area (Å²) in [5.74, 6) is 0.924. The number of esters is 3. The number of carbonyl (C=O) groups excluding carboxylic acids is 3. The van der Waals surface area contributed by atoms with Crippen LogP contribution >= 0.6 is 0 Å². The zero-order chi connectivity index (χ0) is 52.5. The predicted molar refractivity (Wildman–Crippen MR) is 312 cm³/mol. The van der Waals surface area contributed by atoms with Crippen molar-refractivity contribution in [3.05, 3.63) is 0 Å². The fourth-order valence-corrected chi connectivity index (χ4v) is 10.3. The van der Waals surface area contributed by atoms with Gasteiger partial charge in [-0.1, -0.05) is 336 Å². The Balaban J connectivity index is 4.27. The Labute approximate surface area is 450 Å². The van der Waals surface area contributed by atoms with Gasteiger partial charge in [0.1, 0.15) is 13.2 Å². The molecule has 0 spiro atoms. The summed E-state index contributed by atoms with van der Waals surface area (Å²) < 4.78 is 17.0. The third-order valence-electron chi connectivity index (χ3n) is 15.6. The Bertz CT molecular complexity index is 1110. The maximum atomic E-state index is 12.9. The summed E-state index contributed by atoms with van der Waals surface area (Å²) in [5, 5.41) is 0. The van der Waals surface area contributed by atoms with E-state index in [1.54, 1.807) is 0 Å². The molecule has 72 heavy (non-hydrogen) atoms. The van der Waals surface area contributed by atoms with Crippen molar-refractivity contribution in [1.29, 1.82) is 0 Å². The van der Waals surface area contributed by atoms with E-state index in [1.165, 1.54) is 263 Å². The Morgan fingerprint density at radius 3 is 0.792 bits per heavy atom. The van der Waals surface area contributed by atoms with Gasteiger partial charge in [0.2, 0.25) is 0 Å². The van der Waals surface area contributed by atoms with Gasteiger partial charge in [-0.3, -0.25) is 14.4 Å². The van der Waals surface area contributed by atoms with E-state index in [0.29, 0.717) is 19.3 Å². The smallest absolute Gasteiger partial charge is 0.306 e. The zero-order valence-corrected chi connectivity index (χ0v) is 49.6. The van der Waals surface area contributed by atoms with Gasteiger partial charge in [-0.05, 0) is 31.1 Å². The van der Waals surface area contributed by atoms with E-state index < -0.39 is 6.10 Å². The molecule has 0 bridgehead atoms. The molecule has 0 radical (unpaired) electrons. The molecule has 0 aromatic carbocycles. The van der Waals surface area contributed by atoms with Crippen LogP contribution in [0, 0.1) is 11.8 Å². The van der Waals surface area contributed by atoms with Gasteiger partial charge < -0.3 is 14.2 Å². The van der Waals surface area contributed by atoms with Gasteiger partial charge in [-0.15, -0.1) is 0 Å². The summed E-state index contributed by atoms with van der Waals surface area (Å²) in [5.41, 5.74) is 0. The van der Waals surface area contributed by atoms with Gasteiger partial charge in [-0.25, -0.2) is 0 Å². The molecule has 0 rings (SSSR count). The predicted octanol–water partition coefficient (Wildman–Crippen LogP) is 22.0. The molecule has 0 aliphatic heterocycles. The summed E-state index contributed by atoms with van der Waals surface area (Å²) in [4.78, 5) is 38.3. The second kappa shape index (κ2) is 58.7. The topological polar surface area (TPSA) is 78.9 Å². The van der Waals surface area contributed by atoms with Crippen LogP contribution in [0.3, 0.4) is 0 Å². The van der Waals surface area contributed by atoms with Crippen LogP contribution in [0.15, 0.2) is 0 Å². The van der Waals surface area contributed by atoms with Gasteiger partial charge in [0.05, 0.1) is 0 Å². The first kappa shape index (κ1) is 70.4. The maximum absolute atomic E-state index is 12.9. The fourth-order valence-electron chi connectivity index (χ4n) is 10.3. The molecule has 6 nitrogen and oxygen atoms in total. The van der Waals surface area contributed by atoms with Gasteiger partial charge in [0, 0.05) is 19.3 Å². The van der Waals surface area contributed by atoms with Crippen LogP contribution in [-0.2, 0) is 28.6 Å². The lowest BCUT2D eigenvalue weighted by molar-refractivity contribution is -0.167. The molecule has 0 saturated heterocycles. The molecule has 0 heterocycles. The van der Waals surface area contributed by atoms with Crippen LogP contribution in [0.25, 0.3) is 0 Å². The van der Waals surface area contributed by atoms with Crippen LogP contribution in [0.4, 0.5) is 0 Å². The second-order valence-corrected chi connectivity index (χ2v) is 23.5. The summed E-state index contributed by atoms with van der Waals surface area (Å²) in [6.07, 6.45) is 65.3. The van der Waals surface area contributed by atoms with E-state index in [9.17, 15) is 14.4 Å². The average Bonchev–Trinajstić information content (AvgIpc) is 3.37. The molecule has 428 valence electrons. The number of carbonyl (C=O) groups is 3. The molecule has 0 aliphatic carbocycles. The van der Waals surface area contributed by atoms with Gasteiger partial charge >= 0.3 is 17.9 Å². The van der Waals surface area contributed by atoms with Gasteiger partial charge in [0.15, 0.2) is 6.10 Å².